The Bertz CT molecular complexity index is 879. The summed E-state index contributed by atoms with van der Waals surface area (Å²) in [4.78, 5) is 17.2. The number of aromatic nitrogens is 1. The maximum absolute atomic E-state index is 12.2. The number of aromatic hydroxyl groups is 2. The lowest BCUT2D eigenvalue weighted by Crippen LogP contribution is -2.21. The molecular weight excluding hydrogens is 294 g/mol. The van der Waals surface area contributed by atoms with Gasteiger partial charge in [-0.15, -0.1) is 4.73 Å². The van der Waals surface area contributed by atoms with Crippen molar-refractivity contribution in [1.82, 2.24) is 4.73 Å². The van der Waals surface area contributed by atoms with Gasteiger partial charge in [0.15, 0.2) is 0 Å². The molecule has 0 spiro atoms. The SMILES string of the molecule is O=C(On1c(O)ccc1O)C1CC1c1ccc2ccccc2c1. The topological polar surface area (TPSA) is 71.7 Å². The van der Waals surface area contributed by atoms with E-state index in [1.165, 1.54) is 17.5 Å². The van der Waals surface area contributed by atoms with Crippen molar-refractivity contribution in [3.63, 3.8) is 0 Å². The molecule has 4 rings (SSSR count). The van der Waals surface area contributed by atoms with Crippen LogP contribution in [0.5, 0.6) is 11.8 Å². The van der Waals surface area contributed by atoms with Crippen molar-refractivity contribution in [2.45, 2.75) is 12.3 Å². The highest BCUT2D eigenvalue weighted by molar-refractivity contribution is 5.84. The Hall–Kier alpha value is -2.95. The second-order valence-electron chi connectivity index (χ2n) is 5.81. The molecule has 1 fully saturated rings. The molecule has 0 bridgehead atoms. The molecule has 0 saturated heterocycles. The molecule has 0 amide bonds. The zero-order valence-electron chi connectivity index (χ0n) is 12.2. The summed E-state index contributed by atoms with van der Waals surface area (Å²) in [5.41, 5.74) is 1.10. The van der Waals surface area contributed by atoms with Crippen molar-refractivity contribution in [3.8, 4) is 11.8 Å². The van der Waals surface area contributed by atoms with Gasteiger partial charge in [0.05, 0.1) is 5.92 Å². The molecule has 5 heteroatoms. The Morgan fingerprint density at radius 1 is 1.00 bits per heavy atom. The summed E-state index contributed by atoms with van der Waals surface area (Å²) in [6.45, 7) is 0. The van der Waals surface area contributed by atoms with E-state index in [0.717, 1.165) is 15.7 Å². The van der Waals surface area contributed by atoms with E-state index in [2.05, 4.69) is 18.2 Å². The summed E-state index contributed by atoms with van der Waals surface area (Å²) in [6.07, 6.45) is 0.708. The van der Waals surface area contributed by atoms with E-state index in [1.54, 1.807) is 0 Å². The van der Waals surface area contributed by atoms with Gasteiger partial charge in [0.2, 0.25) is 11.8 Å². The third-order valence-electron chi connectivity index (χ3n) is 4.27. The average molecular weight is 309 g/mol. The number of hydrogen-bond acceptors (Lipinski definition) is 4. The van der Waals surface area contributed by atoms with Gasteiger partial charge in [-0.05, 0) is 28.7 Å². The van der Waals surface area contributed by atoms with Crippen LogP contribution in [0.2, 0.25) is 0 Å². The quantitative estimate of drug-likeness (QED) is 0.780. The lowest BCUT2D eigenvalue weighted by molar-refractivity contribution is -0.147. The number of benzene rings is 2. The van der Waals surface area contributed by atoms with Crippen molar-refractivity contribution in [2.75, 3.05) is 0 Å². The Balaban J connectivity index is 1.51. The number of fused-ring (bicyclic) bond motifs is 1. The predicted octanol–water partition coefficient (Wildman–Crippen LogP) is 2.81. The molecule has 2 unspecified atom stereocenters. The van der Waals surface area contributed by atoms with Crippen molar-refractivity contribution in [1.29, 1.82) is 0 Å². The van der Waals surface area contributed by atoms with Crippen LogP contribution in [-0.4, -0.2) is 20.9 Å². The van der Waals surface area contributed by atoms with Crippen molar-refractivity contribution in [3.05, 3.63) is 60.2 Å². The van der Waals surface area contributed by atoms with E-state index in [1.807, 2.05) is 24.3 Å². The van der Waals surface area contributed by atoms with Crippen LogP contribution in [0.1, 0.15) is 17.9 Å². The normalized spacial score (nSPS) is 19.7. The van der Waals surface area contributed by atoms with Gasteiger partial charge in [-0.25, -0.2) is 4.79 Å². The lowest BCUT2D eigenvalue weighted by Gasteiger charge is -2.07. The van der Waals surface area contributed by atoms with Gasteiger partial charge in [0.25, 0.3) is 0 Å². The molecule has 1 saturated carbocycles. The highest BCUT2D eigenvalue weighted by Crippen LogP contribution is 2.48. The summed E-state index contributed by atoms with van der Waals surface area (Å²) >= 11 is 0. The fraction of sp³-hybridized carbons (Fsp3) is 0.167. The number of carbonyl (C=O) groups is 1. The van der Waals surface area contributed by atoms with Crippen molar-refractivity contribution >= 4 is 16.7 Å². The number of carbonyl (C=O) groups excluding carboxylic acids is 1. The van der Waals surface area contributed by atoms with Gasteiger partial charge in [-0.3, -0.25) is 0 Å². The van der Waals surface area contributed by atoms with Crippen LogP contribution in [0.25, 0.3) is 10.8 Å². The molecule has 0 radical (unpaired) electrons. The van der Waals surface area contributed by atoms with Gasteiger partial charge in [0, 0.05) is 12.1 Å². The Kier molecular flexibility index (Phi) is 3.01. The second-order valence-corrected chi connectivity index (χ2v) is 5.81. The molecule has 5 nitrogen and oxygen atoms in total. The number of rotatable bonds is 3. The average Bonchev–Trinajstić information content (AvgIpc) is 3.31. The van der Waals surface area contributed by atoms with E-state index in [9.17, 15) is 15.0 Å². The molecule has 23 heavy (non-hydrogen) atoms. The van der Waals surface area contributed by atoms with Gasteiger partial charge in [-0.1, -0.05) is 42.5 Å². The summed E-state index contributed by atoms with van der Waals surface area (Å²) in [5.74, 6) is -1.20. The smallest absolute Gasteiger partial charge is 0.336 e. The molecule has 2 N–H and O–H groups in total. The Morgan fingerprint density at radius 2 is 1.70 bits per heavy atom. The third kappa shape index (κ3) is 2.40. The minimum atomic E-state index is -0.454. The largest absolute Gasteiger partial charge is 0.492 e. The molecule has 3 aromatic rings. The minimum Gasteiger partial charge on any atom is -0.492 e. The molecule has 1 heterocycles. The van der Waals surface area contributed by atoms with Crippen molar-refractivity contribution < 1.29 is 19.8 Å². The van der Waals surface area contributed by atoms with Crippen LogP contribution in [0.15, 0.2) is 54.6 Å². The first-order chi connectivity index (χ1) is 11.1. The maximum Gasteiger partial charge on any atom is 0.336 e. The first-order valence-electron chi connectivity index (χ1n) is 7.44. The van der Waals surface area contributed by atoms with Gasteiger partial charge in [0.1, 0.15) is 0 Å². The third-order valence-corrected chi connectivity index (χ3v) is 4.27. The fourth-order valence-corrected chi connectivity index (χ4v) is 2.92. The van der Waals surface area contributed by atoms with Gasteiger partial charge in [-0.2, -0.15) is 0 Å². The van der Waals surface area contributed by atoms with Crippen LogP contribution in [0.4, 0.5) is 0 Å². The van der Waals surface area contributed by atoms with Crippen LogP contribution in [0, 0.1) is 5.92 Å². The summed E-state index contributed by atoms with van der Waals surface area (Å²) in [6, 6.07) is 16.8. The molecule has 116 valence electrons. The summed E-state index contributed by atoms with van der Waals surface area (Å²) in [5, 5.41) is 21.3. The van der Waals surface area contributed by atoms with Crippen LogP contribution in [0.3, 0.4) is 0 Å². The van der Waals surface area contributed by atoms with Crippen LogP contribution in [-0.2, 0) is 4.79 Å². The first kappa shape index (κ1) is 13.7. The molecule has 1 aliphatic rings. The minimum absolute atomic E-state index is 0.118. The van der Waals surface area contributed by atoms with E-state index in [-0.39, 0.29) is 23.6 Å². The van der Waals surface area contributed by atoms with Gasteiger partial charge >= 0.3 is 5.97 Å². The molecular formula is C18H15NO4. The van der Waals surface area contributed by atoms with E-state index in [4.69, 9.17) is 4.84 Å². The molecule has 1 aromatic heterocycles. The molecule has 2 atom stereocenters. The summed E-state index contributed by atoms with van der Waals surface area (Å²) < 4.78 is 0.734. The Labute approximate surface area is 132 Å². The standard InChI is InChI=1S/C18H15NO4/c20-16-7-8-17(21)19(16)23-18(22)15-10-14(15)13-6-5-11-3-1-2-4-12(11)9-13/h1-9,14-15,20-21H,10H2. The monoisotopic (exact) mass is 309 g/mol. The summed E-state index contributed by atoms with van der Waals surface area (Å²) in [7, 11) is 0. The number of nitrogens with zero attached hydrogens (tertiary/aromatic N) is 1. The molecule has 0 aliphatic heterocycles. The van der Waals surface area contributed by atoms with Crippen LogP contribution < -0.4 is 4.84 Å². The van der Waals surface area contributed by atoms with Gasteiger partial charge < -0.3 is 15.1 Å². The maximum atomic E-state index is 12.2. The highest BCUT2D eigenvalue weighted by atomic mass is 16.7. The lowest BCUT2D eigenvalue weighted by atomic mass is 10.0. The van der Waals surface area contributed by atoms with Crippen molar-refractivity contribution in [2.24, 2.45) is 5.92 Å². The highest BCUT2D eigenvalue weighted by Gasteiger charge is 2.46. The molecule has 2 aromatic carbocycles. The molecule has 1 aliphatic carbocycles. The Morgan fingerprint density at radius 3 is 2.43 bits per heavy atom. The second kappa shape index (κ2) is 5.05. The fourth-order valence-electron chi connectivity index (χ4n) is 2.92. The number of hydrogen-bond donors (Lipinski definition) is 2. The zero-order chi connectivity index (χ0) is 16.0. The predicted molar refractivity (Wildman–Crippen MR) is 84.1 cm³/mol. The van der Waals surface area contributed by atoms with Crippen LogP contribution >= 0.6 is 0 Å². The van der Waals surface area contributed by atoms with E-state index >= 15 is 0 Å². The van der Waals surface area contributed by atoms with E-state index < -0.39 is 5.97 Å². The van der Waals surface area contributed by atoms with E-state index in [0.29, 0.717) is 6.42 Å². The first-order valence-corrected chi connectivity index (χ1v) is 7.44. The zero-order valence-corrected chi connectivity index (χ0v) is 12.2.